The summed E-state index contributed by atoms with van der Waals surface area (Å²) in [6.45, 7) is 2.25. The quantitative estimate of drug-likeness (QED) is 0.418. The fraction of sp³-hybridized carbons (Fsp3) is 0.222. The largest absolute Gasteiger partial charge is 0.481 e. The first-order valence-electron chi connectivity index (χ1n) is 10.9. The van der Waals surface area contributed by atoms with Crippen LogP contribution >= 0.6 is 0 Å². The van der Waals surface area contributed by atoms with E-state index in [1.54, 1.807) is 6.92 Å². The number of hydrogen-bond acceptors (Lipinski definition) is 3. The first kappa shape index (κ1) is 21.5. The van der Waals surface area contributed by atoms with Crippen LogP contribution in [0.2, 0.25) is 0 Å². The molecule has 0 radical (unpaired) electrons. The highest BCUT2D eigenvalue weighted by Gasteiger charge is 2.21. The topological polar surface area (TPSA) is 57.4 Å². The third-order valence-corrected chi connectivity index (χ3v) is 5.71. The molecular weight excluding hydrogens is 398 g/mol. The van der Waals surface area contributed by atoms with Crippen LogP contribution in [0.15, 0.2) is 85.1 Å². The minimum atomic E-state index is -0.586. The van der Waals surface area contributed by atoms with Crippen molar-refractivity contribution in [2.75, 3.05) is 25.5 Å². The number of fused-ring (bicyclic) bond motifs is 1. The van der Waals surface area contributed by atoms with Crippen molar-refractivity contribution in [3.63, 3.8) is 0 Å². The van der Waals surface area contributed by atoms with Crippen LogP contribution in [0.3, 0.4) is 0 Å². The van der Waals surface area contributed by atoms with Crippen LogP contribution in [-0.4, -0.2) is 37.6 Å². The van der Waals surface area contributed by atoms with Gasteiger partial charge in [0.1, 0.15) is 5.75 Å². The SMILES string of the molecule is CC(Oc1ccccc1)C(=O)NCC(c1ccc(N(C)C)cc1)c1c[nH]c2ccccc12. The second-order valence-electron chi connectivity index (χ2n) is 8.15. The third-order valence-electron chi connectivity index (χ3n) is 5.71. The van der Waals surface area contributed by atoms with Gasteiger partial charge < -0.3 is 19.9 Å². The van der Waals surface area contributed by atoms with Crippen molar-refractivity contribution in [2.45, 2.75) is 18.9 Å². The molecule has 164 valence electrons. The van der Waals surface area contributed by atoms with Crippen LogP contribution < -0.4 is 15.0 Å². The Kier molecular flexibility index (Phi) is 6.45. The number of amides is 1. The van der Waals surface area contributed by atoms with Gasteiger partial charge in [0.05, 0.1) is 0 Å². The Morgan fingerprint density at radius 2 is 1.66 bits per heavy atom. The Morgan fingerprint density at radius 1 is 0.969 bits per heavy atom. The lowest BCUT2D eigenvalue weighted by molar-refractivity contribution is -0.127. The van der Waals surface area contributed by atoms with E-state index in [1.807, 2.05) is 62.8 Å². The lowest BCUT2D eigenvalue weighted by Crippen LogP contribution is -2.38. The van der Waals surface area contributed by atoms with Crippen molar-refractivity contribution >= 4 is 22.5 Å². The van der Waals surface area contributed by atoms with Crippen LogP contribution in [0.4, 0.5) is 5.69 Å². The highest BCUT2D eigenvalue weighted by Crippen LogP contribution is 2.31. The lowest BCUT2D eigenvalue weighted by Gasteiger charge is -2.21. The Labute approximate surface area is 189 Å². The number of aromatic nitrogens is 1. The Hall–Kier alpha value is -3.73. The van der Waals surface area contributed by atoms with Crippen LogP contribution in [0, 0.1) is 0 Å². The van der Waals surface area contributed by atoms with Crippen LogP contribution in [0.25, 0.3) is 10.9 Å². The standard InChI is InChI=1S/C27H29N3O2/c1-19(32-22-9-5-4-6-10-22)27(31)29-17-24(20-13-15-21(16-14-20)30(2)3)25-18-28-26-12-8-7-11-23(25)26/h4-16,18-19,24,28H,17H2,1-3H3,(H,29,31). The molecule has 2 N–H and O–H groups in total. The number of ether oxygens (including phenoxy) is 1. The first-order valence-corrected chi connectivity index (χ1v) is 10.9. The number of hydrogen-bond donors (Lipinski definition) is 2. The molecule has 1 amide bonds. The van der Waals surface area contributed by atoms with Gasteiger partial charge in [-0.15, -0.1) is 0 Å². The average Bonchev–Trinajstić information content (AvgIpc) is 3.24. The van der Waals surface area contributed by atoms with Crippen LogP contribution in [0.1, 0.15) is 24.0 Å². The summed E-state index contributed by atoms with van der Waals surface area (Å²) in [5, 5.41) is 4.27. The molecule has 2 atom stereocenters. The third kappa shape index (κ3) is 4.78. The second-order valence-corrected chi connectivity index (χ2v) is 8.15. The van der Waals surface area contributed by atoms with Crippen molar-refractivity contribution in [2.24, 2.45) is 0 Å². The van der Waals surface area contributed by atoms with E-state index in [-0.39, 0.29) is 11.8 Å². The van der Waals surface area contributed by atoms with Crippen LogP contribution in [0.5, 0.6) is 5.75 Å². The van der Waals surface area contributed by atoms with E-state index in [0.717, 1.165) is 27.7 Å². The molecule has 4 rings (SSSR count). The predicted molar refractivity (Wildman–Crippen MR) is 130 cm³/mol. The van der Waals surface area contributed by atoms with E-state index in [1.165, 1.54) is 0 Å². The van der Waals surface area contributed by atoms with E-state index in [2.05, 4.69) is 51.6 Å². The lowest BCUT2D eigenvalue weighted by atomic mass is 9.90. The van der Waals surface area contributed by atoms with Crippen LogP contribution in [-0.2, 0) is 4.79 Å². The molecule has 4 aromatic rings. The number of benzene rings is 3. The van der Waals surface area contributed by atoms with E-state index in [0.29, 0.717) is 12.3 Å². The number of nitrogens with one attached hydrogen (secondary N) is 2. The smallest absolute Gasteiger partial charge is 0.260 e. The van der Waals surface area contributed by atoms with Gasteiger partial charge in [0.25, 0.3) is 5.91 Å². The summed E-state index contributed by atoms with van der Waals surface area (Å²) in [5.41, 5.74) is 4.54. The summed E-state index contributed by atoms with van der Waals surface area (Å²) in [4.78, 5) is 18.3. The number of carbonyl (C=O) groups is 1. The number of carbonyl (C=O) groups excluding carboxylic acids is 1. The fourth-order valence-electron chi connectivity index (χ4n) is 3.90. The van der Waals surface area contributed by atoms with Crippen molar-refractivity contribution in [1.82, 2.24) is 10.3 Å². The Balaban J connectivity index is 1.56. The molecule has 1 aromatic heterocycles. The van der Waals surface area contributed by atoms with E-state index in [4.69, 9.17) is 4.74 Å². The predicted octanol–water partition coefficient (Wildman–Crippen LogP) is 4.95. The molecule has 5 heteroatoms. The van der Waals surface area contributed by atoms with Gasteiger partial charge in [-0.05, 0) is 48.4 Å². The maximum Gasteiger partial charge on any atom is 0.260 e. The minimum Gasteiger partial charge on any atom is -0.481 e. The normalized spacial score (nSPS) is 12.8. The number of nitrogens with zero attached hydrogens (tertiary/aromatic N) is 1. The zero-order valence-corrected chi connectivity index (χ0v) is 18.7. The monoisotopic (exact) mass is 427 g/mol. The van der Waals surface area contributed by atoms with Crippen molar-refractivity contribution in [3.8, 4) is 5.75 Å². The van der Waals surface area contributed by atoms with Gasteiger partial charge in [-0.3, -0.25) is 4.79 Å². The van der Waals surface area contributed by atoms with Gasteiger partial charge in [0.2, 0.25) is 0 Å². The molecule has 0 saturated carbocycles. The van der Waals surface area contributed by atoms with Crippen molar-refractivity contribution in [1.29, 1.82) is 0 Å². The molecule has 32 heavy (non-hydrogen) atoms. The minimum absolute atomic E-state index is 0.00948. The summed E-state index contributed by atoms with van der Waals surface area (Å²) >= 11 is 0. The Bertz CT molecular complexity index is 1170. The summed E-state index contributed by atoms with van der Waals surface area (Å²) in [6.07, 6.45) is 1.46. The van der Waals surface area contributed by atoms with Gasteiger partial charge in [-0.1, -0.05) is 48.5 Å². The molecule has 0 aliphatic carbocycles. The Morgan fingerprint density at radius 3 is 2.38 bits per heavy atom. The fourth-order valence-corrected chi connectivity index (χ4v) is 3.90. The first-order chi connectivity index (χ1) is 15.5. The number of aromatic amines is 1. The molecule has 1 heterocycles. The zero-order valence-electron chi connectivity index (χ0n) is 18.7. The van der Waals surface area contributed by atoms with Gasteiger partial charge in [-0.2, -0.15) is 0 Å². The number of para-hydroxylation sites is 2. The average molecular weight is 428 g/mol. The van der Waals surface area contributed by atoms with Crippen molar-refractivity contribution in [3.05, 3.63) is 96.2 Å². The summed E-state index contributed by atoms with van der Waals surface area (Å²) in [6, 6.07) is 26.2. The summed E-state index contributed by atoms with van der Waals surface area (Å²) in [5.74, 6) is 0.557. The molecule has 0 aliphatic heterocycles. The zero-order chi connectivity index (χ0) is 22.5. The van der Waals surface area contributed by atoms with E-state index >= 15 is 0 Å². The van der Waals surface area contributed by atoms with Gasteiger partial charge >= 0.3 is 0 Å². The molecule has 0 aliphatic rings. The van der Waals surface area contributed by atoms with Gasteiger partial charge in [-0.25, -0.2) is 0 Å². The molecule has 0 bridgehead atoms. The second kappa shape index (κ2) is 9.60. The van der Waals surface area contributed by atoms with Crippen molar-refractivity contribution < 1.29 is 9.53 Å². The van der Waals surface area contributed by atoms with Gasteiger partial charge in [0, 0.05) is 49.3 Å². The summed E-state index contributed by atoms with van der Waals surface area (Å²) < 4.78 is 5.79. The number of rotatable bonds is 8. The molecule has 0 spiro atoms. The molecule has 3 aromatic carbocycles. The molecule has 0 saturated heterocycles. The molecular formula is C27H29N3O2. The van der Waals surface area contributed by atoms with E-state index in [9.17, 15) is 4.79 Å². The number of H-pyrrole nitrogens is 1. The maximum absolute atomic E-state index is 12.8. The highest BCUT2D eigenvalue weighted by molar-refractivity contribution is 5.85. The van der Waals surface area contributed by atoms with Gasteiger partial charge in [0.15, 0.2) is 6.10 Å². The van der Waals surface area contributed by atoms with E-state index < -0.39 is 6.10 Å². The molecule has 5 nitrogen and oxygen atoms in total. The maximum atomic E-state index is 12.8. The molecule has 0 fully saturated rings. The number of anilines is 1. The summed E-state index contributed by atoms with van der Waals surface area (Å²) in [7, 11) is 4.06. The highest BCUT2D eigenvalue weighted by atomic mass is 16.5. The molecule has 2 unspecified atom stereocenters.